The largest absolute Gasteiger partial charge is 0.474 e. The van der Waals surface area contributed by atoms with Crippen molar-refractivity contribution in [2.24, 2.45) is 0 Å². The molecule has 0 aromatic carbocycles. The predicted molar refractivity (Wildman–Crippen MR) is 64.4 cm³/mol. The third-order valence-corrected chi connectivity index (χ3v) is 3.86. The van der Waals surface area contributed by atoms with Crippen molar-refractivity contribution in [1.29, 1.82) is 0 Å². The van der Waals surface area contributed by atoms with Crippen LogP contribution in [0.2, 0.25) is 0 Å². The van der Waals surface area contributed by atoms with Crippen LogP contribution in [0.4, 0.5) is 0 Å². The van der Waals surface area contributed by atoms with Crippen LogP contribution in [-0.4, -0.2) is 41.5 Å². The zero-order chi connectivity index (χ0) is 11.4. The molecule has 2 aromatic rings. The lowest BCUT2D eigenvalue weighted by molar-refractivity contribution is 0.144. The van der Waals surface area contributed by atoms with Gasteiger partial charge in [-0.15, -0.1) is 11.3 Å². The number of fused-ring (bicyclic) bond motifs is 1. The topological polar surface area (TPSA) is 57.1 Å². The fourth-order valence-corrected chi connectivity index (χ4v) is 2.58. The zero-order valence-corrected chi connectivity index (χ0v) is 10.6. The Hall–Kier alpha value is -0.920. The van der Waals surface area contributed by atoms with Crippen LogP contribution in [0, 0.1) is 0 Å². The van der Waals surface area contributed by atoms with Crippen molar-refractivity contribution in [3.63, 3.8) is 0 Å². The van der Waals surface area contributed by atoms with Crippen LogP contribution in [0.5, 0.6) is 5.88 Å². The SMILES string of the molecule is COCCOc1ncnc2nc(SC)sc12. The quantitative estimate of drug-likeness (QED) is 0.601. The number of aromatic nitrogens is 3. The Bertz CT molecular complexity index is 475. The summed E-state index contributed by atoms with van der Waals surface area (Å²) in [6, 6.07) is 0. The molecule has 2 heterocycles. The Morgan fingerprint density at radius 2 is 2.25 bits per heavy atom. The summed E-state index contributed by atoms with van der Waals surface area (Å²) in [6.45, 7) is 1.02. The van der Waals surface area contributed by atoms with Crippen molar-refractivity contribution in [3.8, 4) is 5.88 Å². The Kier molecular flexibility index (Phi) is 3.92. The molecule has 0 atom stereocenters. The standard InChI is InChI=1S/C9H11N3O2S2/c1-13-3-4-14-8-6-7(10-5-11-8)12-9(15-2)16-6/h5H,3-4H2,1-2H3. The van der Waals surface area contributed by atoms with E-state index in [1.807, 2.05) is 6.26 Å². The number of rotatable bonds is 5. The third-order valence-electron chi connectivity index (χ3n) is 1.84. The van der Waals surface area contributed by atoms with Gasteiger partial charge in [-0.1, -0.05) is 11.8 Å². The van der Waals surface area contributed by atoms with Gasteiger partial charge >= 0.3 is 0 Å². The monoisotopic (exact) mass is 257 g/mol. The normalized spacial score (nSPS) is 10.9. The number of hydrogen-bond donors (Lipinski definition) is 0. The summed E-state index contributed by atoms with van der Waals surface area (Å²) in [5.74, 6) is 0.583. The van der Waals surface area contributed by atoms with Crippen molar-refractivity contribution in [3.05, 3.63) is 6.33 Å². The minimum absolute atomic E-state index is 0.481. The molecule has 0 fully saturated rings. The van der Waals surface area contributed by atoms with Gasteiger partial charge in [-0.3, -0.25) is 0 Å². The molecule has 86 valence electrons. The second kappa shape index (κ2) is 5.42. The molecule has 16 heavy (non-hydrogen) atoms. The van der Waals surface area contributed by atoms with E-state index in [0.717, 1.165) is 9.04 Å². The number of thiazole rings is 1. The van der Waals surface area contributed by atoms with Crippen LogP contribution in [0.3, 0.4) is 0 Å². The molecule has 0 aliphatic rings. The number of ether oxygens (including phenoxy) is 2. The minimum atomic E-state index is 0.481. The maximum atomic E-state index is 5.50. The average molecular weight is 257 g/mol. The number of nitrogens with zero attached hydrogens (tertiary/aromatic N) is 3. The highest BCUT2D eigenvalue weighted by molar-refractivity contribution is 8.00. The summed E-state index contributed by atoms with van der Waals surface area (Å²) in [5, 5.41) is 0. The Morgan fingerprint density at radius 3 is 3.00 bits per heavy atom. The molecule has 0 aliphatic carbocycles. The number of methoxy groups -OCH3 is 1. The van der Waals surface area contributed by atoms with Crippen LogP contribution in [0.1, 0.15) is 0 Å². The highest BCUT2D eigenvalue weighted by Crippen LogP contribution is 2.31. The maximum Gasteiger partial charge on any atom is 0.236 e. The lowest BCUT2D eigenvalue weighted by atomic mass is 10.6. The molecular weight excluding hydrogens is 246 g/mol. The van der Waals surface area contributed by atoms with Gasteiger partial charge < -0.3 is 9.47 Å². The van der Waals surface area contributed by atoms with Crippen molar-refractivity contribution < 1.29 is 9.47 Å². The summed E-state index contributed by atoms with van der Waals surface area (Å²) in [6.07, 6.45) is 3.45. The molecule has 0 spiro atoms. The van der Waals surface area contributed by atoms with Crippen LogP contribution < -0.4 is 4.74 Å². The van der Waals surface area contributed by atoms with Crippen molar-refractivity contribution in [2.45, 2.75) is 4.34 Å². The molecule has 0 aliphatic heterocycles. The van der Waals surface area contributed by atoms with Gasteiger partial charge in [0.15, 0.2) is 9.99 Å². The number of hydrogen-bond acceptors (Lipinski definition) is 7. The summed E-state index contributed by atoms with van der Waals surface area (Å²) in [4.78, 5) is 12.5. The van der Waals surface area contributed by atoms with Crippen molar-refractivity contribution >= 4 is 33.4 Å². The molecular formula is C9H11N3O2S2. The van der Waals surface area contributed by atoms with Crippen LogP contribution >= 0.6 is 23.1 Å². The van der Waals surface area contributed by atoms with E-state index in [0.29, 0.717) is 24.7 Å². The first-order chi connectivity index (χ1) is 7.85. The smallest absolute Gasteiger partial charge is 0.236 e. The molecule has 0 saturated heterocycles. The van der Waals surface area contributed by atoms with Gasteiger partial charge in [0, 0.05) is 7.11 Å². The van der Waals surface area contributed by atoms with Gasteiger partial charge in [-0.05, 0) is 6.26 Å². The lowest BCUT2D eigenvalue weighted by Crippen LogP contribution is -2.05. The van der Waals surface area contributed by atoms with Gasteiger partial charge in [-0.2, -0.15) is 0 Å². The van der Waals surface area contributed by atoms with Gasteiger partial charge in [-0.25, -0.2) is 15.0 Å². The molecule has 0 saturated carbocycles. The van der Waals surface area contributed by atoms with Gasteiger partial charge in [0.05, 0.1) is 6.61 Å². The molecule has 0 unspecified atom stereocenters. The average Bonchev–Trinajstić information content (AvgIpc) is 2.73. The van der Waals surface area contributed by atoms with Gasteiger partial charge in [0.25, 0.3) is 0 Å². The highest BCUT2D eigenvalue weighted by atomic mass is 32.2. The van der Waals surface area contributed by atoms with E-state index in [1.165, 1.54) is 6.33 Å². The molecule has 2 aromatic heterocycles. The van der Waals surface area contributed by atoms with Crippen LogP contribution in [0.25, 0.3) is 10.3 Å². The molecule has 2 rings (SSSR count). The van der Waals surface area contributed by atoms with E-state index >= 15 is 0 Å². The van der Waals surface area contributed by atoms with E-state index in [-0.39, 0.29) is 0 Å². The van der Waals surface area contributed by atoms with Crippen molar-refractivity contribution in [1.82, 2.24) is 15.0 Å². The van der Waals surface area contributed by atoms with E-state index < -0.39 is 0 Å². The molecule has 7 heteroatoms. The van der Waals surface area contributed by atoms with E-state index in [9.17, 15) is 0 Å². The second-order valence-electron chi connectivity index (χ2n) is 2.86. The van der Waals surface area contributed by atoms with E-state index in [4.69, 9.17) is 9.47 Å². The first-order valence-corrected chi connectivity index (χ1v) is 6.66. The van der Waals surface area contributed by atoms with Crippen LogP contribution in [0.15, 0.2) is 10.7 Å². The Labute approximate surface area is 101 Å². The molecule has 0 N–H and O–H groups in total. The molecule has 0 amide bonds. The van der Waals surface area contributed by atoms with E-state index in [1.54, 1.807) is 30.2 Å². The highest BCUT2D eigenvalue weighted by Gasteiger charge is 2.10. The van der Waals surface area contributed by atoms with Crippen molar-refractivity contribution in [2.75, 3.05) is 26.6 Å². The maximum absolute atomic E-state index is 5.50. The molecule has 5 nitrogen and oxygen atoms in total. The fourth-order valence-electron chi connectivity index (χ4n) is 1.13. The lowest BCUT2D eigenvalue weighted by Gasteiger charge is -2.03. The Morgan fingerprint density at radius 1 is 1.38 bits per heavy atom. The first-order valence-electron chi connectivity index (χ1n) is 4.62. The number of thioether (sulfide) groups is 1. The molecule has 0 bridgehead atoms. The zero-order valence-electron chi connectivity index (χ0n) is 8.97. The fraction of sp³-hybridized carbons (Fsp3) is 0.444. The summed E-state index contributed by atoms with van der Waals surface area (Å²) < 4.78 is 12.3. The minimum Gasteiger partial charge on any atom is -0.474 e. The molecule has 0 radical (unpaired) electrons. The predicted octanol–water partition coefficient (Wildman–Crippen LogP) is 1.83. The summed E-state index contributed by atoms with van der Waals surface area (Å²) >= 11 is 3.13. The van der Waals surface area contributed by atoms with Gasteiger partial charge in [0.1, 0.15) is 17.6 Å². The summed E-state index contributed by atoms with van der Waals surface area (Å²) in [7, 11) is 1.64. The van der Waals surface area contributed by atoms with Crippen LogP contribution in [-0.2, 0) is 4.74 Å². The van der Waals surface area contributed by atoms with Gasteiger partial charge in [0.2, 0.25) is 5.88 Å². The summed E-state index contributed by atoms with van der Waals surface area (Å²) in [5.41, 5.74) is 0.691. The second-order valence-corrected chi connectivity index (χ2v) is 4.91. The first kappa shape index (κ1) is 11.6. The van der Waals surface area contributed by atoms with E-state index in [2.05, 4.69) is 15.0 Å². The Balaban J connectivity index is 2.26. The third kappa shape index (κ3) is 2.42.